The standard InChI is InChI=1S/C20H20Cl2N4O3S2/c1-13-19(22)14(2)26(23-13)16-5-3-15(4-6-16)20(27)24-9-11-25(12-10-24)31(28,29)18-8-7-17(21)30-18/h3-8H,9-12H2,1-2H3. The predicted octanol–water partition coefficient (Wildman–Crippen LogP) is 4.00. The molecule has 0 spiro atoms. The van der Waals surface area contributed by atoms with E-state index in [-0.39, 0.29) is 23.2 Å². The lowest BCUT2D eigenvalue weighted by molar-refractivity contribution is 0.0698. The van der Waals surface area contributed by atoms with E-state index in [4.69, 9.17) is 23.2 Å². The van der Waals surface area contributed by atoms with E-state index in [2.05, 4.69) is 5.10 Å². The second kappa shape index (κ2) is 8.55. The highest BCUT2D eigenvalue weighted by atomic mass is 35.5. The third-order valence-electron chi connectivity index (χ3n) is 5.23. The SMILES string of the molecule is Cc1nn(-c2ccc(C(=O)N3CCN(S(=O)(=O)c4ccc(Cl)s4)CC3)cc2)c(C)c1Cl. The van der Waals surface area contributed by atoms with Gasteiger partial charge in [-0.1, -0.05) is 23.2 Å². The Labute approximate surface area is 194 Å². The fourth-order valence-electron chi connectivity index (χ4n) is 3.50. The number of carbonyl (C=O) groups is 1. The molecule has 0 atom stereocenters. The smallest absolute Gasteiger partial charge is 0.253 e. The molecular weight excluding hydrogens is 479 g/mol. The van der Waals surface area contributed by atoms with Crippen LogP contribution in [0.2, 0.25) is 9.36 Å². The molecule has 3 aromatic rings. The van der Waals surface area contributed by atoms with Gasteiger partial charge in [0.25, 0.3) is 15.9 Å². The van der Waals surface area contributed by atoms with Crippen LogP contribution in [0.5, 0.6) is 0 Å². The van der Waals surface area contributed by atoms with Gasteiger partial charge in [0.15, 0.2) is 0 Å². The zero-order chi connectivity index (χ0) is 22.3. The molecule has 4 rings (SSSR count). The minimum atomic E-state index is -3.59. The normalized spacial score (nSPS) is 15.4. The summed E-state index contributed by atoms with van der Waals surface area (Å²) in [6, 6.07) is 10.2. The first-order valence-corrected chi connectivity index (χ1v) is 12.6. The first-order valence-electron chi connectivity index (χ1n) is 9.55. The van der Waals surface area contributed by atoms with E-state index in [1.807, 2.05) is 26.0 Å². The molecule has 1 aliphatic rings. The number of thiophene rings is 1. The van der Waals surface area contributed by atoms with Crippen molar-refractivity contribution in [3.63, 3.8) is 0 Å². The van der Waals surface area contributed by atoms with Gasteiger partial charge in [0, 0.05) is 31.7 Å². The molecule has 7 nitrogen and oxygen atoms in total. The average Bonchev–Trinajstić information content (AvgIpc) is 3.33. The van der Waals surface area contributed by atoms with Gasteiger partial charge in [0.2, 0.25) is 0 Å². The first-order chi connectivity index (χ1) is 14.7. The van der Waals surface area contributed by atoms with Gasteiger partial charge in [-0.2, -0.15) is 9.40 Å². The van der Waals surface area contributed by atoms with Crippen LogP contribution in [0.15, 0.2) is 40.6 Å². The Morgan fingerprint density at radius 2 is 1.65 bits per heavy atom. The van der Waals surface area contributed by atoms with Crippen molar-refractivity contribution in [2.24, 2.45) is 0 Å². The van der Waals surface area contributed by atoms with Crippen LogP contribution in [0.1, 0.15) is 21.7 Å². The third-order valence-corrected chi connectivity index (χ3v) is 9.37. The fourth-order valence-corrected chi connectivity index (χ4v) is 6.68. The summed E-state index contributed by atoms with van der Waals surface area (Å²) in [6.07, 6.45) is 0. The number of hydrogen-bond donors (Lipinski definition) is 0. The topological polar surface area (TPSA) is 75.5 Å². The molecule has 0 bridgehead atoms. The largest absolute Gasteiger partial charge is 0.336 e. The van der Waals surface area contributed by atoms with Gasteiger partial charge in [-0.25, -0.2) is 13.1 Å². The summed E-state index contributed by atoms with van der Waals surface area (Å²) in [5, 5.41) is 5.04. The second-order valence-corrected chi connectivity index (χ2v) is 11.5. The lowest BCUT2D eigenvalue weighted by atomic mass is 10.1. The van der Waals surface area contributed by atoms with Crippen molar-refractivity contribution in [2.75, 3.05) is 26.2 Å². The molecule has 1 amide bonds. The molecule has 11 heteroatoms. The minimum absolute atomic E-state index is 0.130. The van der Waals surface area contributed by atoms with Crippen LogP contribution in [-0.4, -0.2) is 59.5 Å². The molecule has 0 unspecified atom stereocenters. The molecule has 164 valence electrons. The molecule has 1 aromatic carbocycles. The van der Waals surface area contributed by atoms with Crippen molar-refractivity contribution >= 4 is 50.5 Å². The van der Waals surface area contributed by atoms with Gasteiger partial charge in [-0.05, 0) is 50.2 Å². The molecule has 2 aromatic heterocycles. The number of carbonyl (C=O) groups excluding carboxylic acids is 1. The van der Waals surface area contributed by atoms with Crippen LogP contribution < -0.4 is 0 Å². The maximum Gasteiger partial charge on any atom is 0.253 e. The number of sulfonamides is 1. The van der Waals surface area contributed by atoms with Crippen LogP contribution in [-0.2, 0) is 10.0 Å². The van der Waals surface area contributed by atoms with Crippen LogP contribution in [0.3, 0.4) is 0 Å². The molecule has 31 heavy (non-hydrogen) atoms. The molecule has 0 saturated carbocycles. The maximum absolute atomic E-state index is 12.9. The molecule has 0 radical (unpaired) electrons. The molecule has 0 N–H and O–H groups in total. The van der Waals surface area contributed by atoms with Gasteiger partial charge in [-0.3, -0.25) is 4.79 Å². The Balaban J connectivity index is 1.43. The summed E-state index contributed by atoms with van der Waals surface area (Å²) < 4.78 is 29.2. The van der Waals surface area contributed by atoms with Crippen LogP contribution in [0, 0.1) is 13.8 Å². The number of amides is 1. The van der Waals surface area contributed by atoms with Crippen molar-refractivity contribution in [1.29, 1.82) is 0 Å². The predicted molar refractivity (Wildman–Crippen MR) is 122 cm³/mol. The first kappa shape index (κ1) is 22.3. The molecular formula is C20H20Cl2N4O3S2. The number of aromatic nitrogens is 2. The highest BCUT2D eigenvalue weighted by Gasteiger charge is 2.31. The summed E-state index contributed by atoms with van der Waals surface area (Å²) in [7, 11) is -3.59. The lowest BCUT2D eigenvalue weighted by Gasteiger charge is -2.33. The van der Waals surface area contributed by atoms with Crippen molar-refractivity contribution < 1.29 is 13.2 Å². The number of piperazine rings is 1. The van der Waals surface area contributed by atoms with E-state index in [0.717, 1.165) is 28.4 Å². The molecule has 0 aliphatic carbocycles. The van der Waals surface area contributed by atoms with Gasteiger partial charge in [0.05, 0.1) is 26.4 Å². The number of halogens is 2. The molecule has 1 fully saturated rings. The quantitative estimate of drug-likeness (QED) is 0.544. The monoisotopic (exact) mass is 498 g/mol. The highest BCUT2D eigenvalue weighted by Crippen LogP contribution is 2.29. The maximum atomic E-state index is 12.9. The Hall–Kier alpha value is -1.91. The summed E-state index contributed by atoms with van der Waals surface area (Å²) in [4.78, 5) is 14.6. The molecule has 1 aliphatic heterocycles. The highest BCUT2D eigenvalue weighted by molar-refractivity contribution is 7.91. The number of benzene rings is 1. The van der Waals surface area contributed by atoms with Crippen LogP contribution in [0.4, 0.5) is 0 Å². The Morgan fingerprint density at radius 1 is 1.00 bits per heavy atom. The summed E-state index contributed by atoms with van der Waals surface area (Å²) in [6.45, 7) is 4.87. The average molecular weight is 499 g/mol. The van der Waals surface area contributed by atoms with Crippen LogP contribution in [0.25, 0.3) is 5.69 Å². The van der Waals surface area contributed by atoms with E-state index >= 15 is 0 Å². The minimum Gasteiger partial charge on any atom is -0.336 e. The van der Waals surface area contributed by atoms with Gasteiger partial charge < -0.3 is 4.90 Å². The van der Waals surface area contributed by atoms with E-state index in [9.17, 15) is 13.2 Å². The zero-order valence-electron chi connectivity index (χ0n) is 16.9. The van der Waals surface area contributed by atoms with E-state index in [1.165, 1.54) is 10.4 Å². The van der Waals surface area contributed by atoms with E-state index in [1.54, 1.807) is 27.8 Å². The van der Waals surface area contributed by atoms with Gasteiger partial charge in [-0.15, -0.1) is 11.3 Å². The summed E-state index contributed by atoms with van der Waals surface area (Å²) in [5.74, 6) is -0.130. The Bertz CT molecular complexity index is 1230. The van der Waals surface area contributed by atoms with Crippen molar-refractivity contribution in [1.82, 2.24) is 19.0 Å². The van der Waals surface area contributed by atoms with Crippen molar-refractivity contribution in [3.05, 3.63) is 62.7 Å². The number of rotatable bonds is 4. The summed E-state index contributed by atoms with van der Waals surface area (Å²) >= 11 is 13.1. The third kappa shape index (κ3) is 4.25. The van der Waals surface area contributed by atoms with Crippen molar-refractivity contribution in [2.45, 2.75) is 18.1 Å². The van der Waals surface area contributed by atoms with Crippen molar-refractivity contribution in [3.8, 4) is 5.69 Å². The number of nitrogens with zero attached hydrogens (tertiary/aromatic N) is 4. The van der Waals surface area contributed by atoms with E-state index in [0.29, 0.717) is 28.0 Å². The van der Waals surface area contributed by atoms with Gasteiger partial charge >= 0.3 is 0 Å². The van der Waals surface area contributed by atoms with Gasteiger partial charge in [0.1, 0.15) is 4.21 Å². The molecule has 1 saturated heterocycles. The van der Waals surface area contributed by atoms with E-state index < -0.39 is 10.0 Å². The lowest BCUT2D eigenvalue weighted by Crippen LogP contribution is -2.50. The molecule has 3 heterocycles. The number of aryl methyl sites for hydroxylation is 1. The summed E-state index contributed by atoms with van der Waals surface area (Å²) in [5.41, 5.74) is 2.94. The fraction of sp³-hybridized carbons (Fsp3) is 0.300. The Kier molecular flexibility index (Phi) is 6.15. The second-order valence-electron chi connectivity index (χ2n) is 7.20. The van der Waals surface area contributed by atoms with Crippen LogP contribution >= 0.6 is 34.5 Å². The number of hydrogen-bond acceptors (Lipinski definition) is 5. The zero-order valence-corrected chi connectivity index (χ0v) is 20.0. The Morgan fingerprint density at radius 3 is 2.16 bits per heavy atom.